The van der Waals surface area contributed by atoms with Gasteiger partial charge in [0.05, 0.1) is 0 Å². The van der Waals surface area contributed by atoms with Gasteiger partial charge in [-0.15, -0.1) is 0 Å². The summed E-state index contributed by atoms with van der Waals surface area (Å²) in [5.74, 6) is -2.51. The fraction of sp³-hybridized carbons (Fsp3) is 0.818. The molecule has 0 aliphatic carbocycles. The molecule has 0 N–H and O–H groups in total. The van der Waals surface area contributed by atoms with Gasteiger partial charge in [0, 0.05) is 0 Å². The third kappa shape index (κ3) is 7.70. The first-order chi connectivity index (χ1) is 7.57. The van der Waals surface area contributed by atoms with Crippen LogP contribution in [0.4, 0.5) is 0 Å². The largest absolute Gasteiger partial charge is 0.453 e. The fourth-order valence-electron chi connectivity index (χ4n) is 0.440. The summed E-state index contributed by atoms with van der Waals surface area (Å²) in [6.45, 7) is 10.3. The van der Waals surface area contributed by atoms with Crippen molar-refractivity contribution < 1.29 is 29.1 Å². The van der Waals surface area contributed by atoms with Crippen molar-refractivity contribution in [2.24, 2.45) is 0 Å². The van der Waals surface area contributed by atoms with Crippen LogP contribution in [-0.4, -0.2) is 23.1 Å². The molecule has 0 unspecified atom stereocenters. The third-order valence-electron chi connectivity index (χ3n) is 1.73. The van der Waals surface area contributed by atoms with Crippen LogP contribution in [0, 0.1) is 0 Å². The van der Waals surface area contributed by atoms with Gasteiger partial charge in [-0.25, -0.2) is 9.59 Å². The highest BCUT2D eigenvalue weighted by molar-refractivity contribution is 6.29. The summed E-state index contributed by atoms with van der Waals surface area (Å²) in [5.41, 5.74) is -1.35. The lowest BCUT2D eigenvalue weighted by molar-refractivity contribution is -0.341. The molecule has 0 saturated heterocycles. The Morgan fingerprint density at radius 1 is 0.882 bits per heavy atom. The fourth-order valence-corrected chi connectivity index (χ4v) is 0.440. The molecule has 0 aromatic rings. The molecule has 0 aliphatic rings. The smallest absolute Gasteiger partial charge is 0.285 e. The lowest BCUT2D eigenvalue weighted by Gasteiger charge is -2.20. The first kappa shape index (κ1) is 15.9. The van der Waals surface area contributed by atoms with E-state index in [-0.39, 0.29) is 0 Å². The van der Waals surface area contributed by atoms with Gasteiger partial charge in [-0.1, -0.05) is 6.92 Å². The molecule has 0 aliphatic heterocycles. The van der Waals surface area contributed by atoms with Gasteiger partial charge in [-0.05, 0) is 41.0 Å². The molecule has 0 radical (unpaired) electrons. The van der Waals surface area contributed by atoms with Gasteiger partial charge in [0.1, 0.15) is 11.2 Å². The topological polar surface area (TPSA) is 71.1 Å². The molecule has 0 amide bonds. The van der Waals surface area contributed by atoms with E-state index >= 15 is 0 Å². The van der Waals surface area contributed by atoms with Crippen LogP contribution in [0.3, 0.4) is 0 Å². The second-order valence-corrected chi connectivity index (χ2v) is 5.13. The molecule has 0 bridgehead atoms. The van der Waals surface area contributed by atoms with Crippen LogP contribution < -0.4 is 0 Å². The van der Waals surface area contributed by atoms with Crippen LogP contribution in [0.2, 0.25) is 0 Å². The maximum absolute atomic E-state index is 11.1. The van der Waals surface area contributed by atoms with E-state index in [0.717, 1.165) is 0 Å². The molecule has 17 heavy (non-hydrogen) atoms. The molecule has 0 rings (SSSR count). The van der Waals surface area contributed by atoms with Crippen LogP contribution in [-0.2, 0) is 29.1 Å². The Labute approximate surface area is 101 Å². The lowest BCUT2D eigenvalue weighted by Crippen LogP contribution is -2.30. The average Bonchev–Trinajstić information content (AvgIpc) is 2.21. The van der Waals surface area contributed by atoms with Gasteiger partial charge in [0.2, 0.25) is 0 Å². The normalized spacial score (nSPS) is 12.1. The van der Waals surface area contributed by atoms with Crippen molar-refractivity contribution in [2.75, 3.05) is 0 Å². The highest BCUT2D eigenvalue weighted by Crippen LogP contribution is 2.14. The van der Waals surface area contributed by atoms with Crippen molar-refractivity contribution in [3.05, 3.63) is 0 Å². The molecule has 0 atom stereocenters. The molecule has 100 valence electrons. The first-order valence-corrected chi connectivity index (χ1v) is 5.37. The number of carbonyl (C=O) groups is 2. The summed E-state index contributed by atoms with van der Waals surface area (Å²) in [7, 11) is 0. The Morgan fingerprint density at radius 2 is 1.29 bits per heavy atom. The van der Waals surface area contributed by atoms with Gasteiger partial charge in [-0.3, -0.25) is 9.78 Å². The highest BCUT2D eigenvalue weighted by atomic mass is 17.2. The van der Waals surface area contributed by atoms with Crippen LogP contribution >= 0.6 is 0 Å². The van der Waals surface area contributed by atoms with Crippen molar-refractivity contribution in [2.45, 2.75) is 59.2 Å². The maximum atomic E-state index is 11.1. The van der Waals surface area contributed by atoms with Gasteiger partial charge >= 0.3 is 11.9 Å². The van der Waals surface area contributed by atoms with E-state index in [9.17, 15) is 9.59 Å². The number of hydrogen-bond donors (Lipinski definition) is 0. The molecule has 0 spiro atoms. The molecular formula is C11H20O6. The van der Waals surface area contributed by atoms with E-state index in [4.69, 9.17) is 4.89 Å². The molecule has 0 fully saturated rings. The lowest BCUT2D eigenvalue weighted by atomic mass is 10.1. The maximum Gasteiger partial charge on any atom is 0.453 e. The van der Waals surface area contributed by atoms with Crippen molar-refractivity contribution in [1.82, 2.24) is 0 Å². The van der Waals surface area contributed by atoms with Gasteiger partial charge in [0.15, 0.2) is 0 Å². The summed E-state index contributed by atoms with van der Waals surface area (Å²) >= 11 is 0. The standard InChI is InChI=1S/C11H20O6/c1-7-11(5,6)17-15-9(13)8(12)14-16-10(2,3)4/h7H2,1-6H3. The monoisotopic (exact) mass is 248 g/mol. The Kier molecular flexibility index (Phi) is 5.57. The Balaban J connectivity index is 4.04. The van der Waals surface area contributed by atoms with E-state index in [2.05, 4.69) is 14.7 Å². The predicted molar refractivity (Wildman–Crippen MR) is 58.5 cm³/mol. The van der Waals surface area contributed by atoms with Crippen molar-refractivity contribution >= 4 is 11.9 Å². The summed E-state index contributed by atoms with van der Waals surface area (Å²) in [6.07, 6.45) is 0.619. The van der Waals surface area contributed by atoms with Gasteiger partial charge < -0.3 is 0 Å². The summed E-state index contributed by atoms with van der Waals surface area (Å²) in [5, 5.41) is 0. The summed E-state index contributed by atoms with van der Waals surface area (Å²) in [6, 6.07) is 0. The van der Waals surface area contributed by atoms with E-state index in [1.807, 2.05) is 6.92 Å². The van der Waals surface area contributed by atoms with Crippen molar-refractivity contribution in [1.29, 1.82) is 0 Å². The SMILES string of the molecule is CCC(C)(C)OOC(=O)C(=O)OOC(C)(C)C. The second-order valence-electron chi connectivity index (χ2n) is 5.13. The number of hydrogen-bond acceptors (Lipinski definition) is 6. The van der Waals surface area contributed by atoms with Crippen LogP contribution in [0.15, 0.2) is 0 Å². The molecular weight excluding hydrogens is 228 g/mol. The zero-order valence-electron chi connectivity index (χ0n) is 11.2. The van der Waals surface area contributed by atoms with Crippen LogP contribution in [0.5, 0.6) is 0 Å². The number of rotatable bonds is 4. The molecule has 0 saturated carbocycles. The summed E-state index contributed by atoms with van der Waals surface area (Å²) < 4.78 is 0. The Morgan fingerprint density at radius 3 is 1.65 bits per heavy atom. The highest BCUT2D eigenvalue weighted by Gasteiger charge is 2.27. The summed E-state index contributed by atoms with van der Waals surface area (Å²) in [4.78, 5) is 40.3. The van der Waals surface area contributed by atoms with Crippen molar-refractivity contribution in [3.63, 3.8) is 0 Å². The van der Waals surface area contributed by atoms with E-state index in [1.165, 1.54) is 0 Å². The third-order valence-corrected chi connectivity index (χ3v) is 1.73. The van der Waals surface area contributed by atoms with Crippen LogP contribution in [0.25, 0.3) is 0 Å². The minimum Gasteiger partial charge on any atom is -0.285 e. The van der Waals surface area contributed by atoms with Crippen molar-refractivity contribution in [3.8, 4) is 0 Å². The van der Waals surface area contributed by atoms with E-state index in [1.54, 1.807) is 34.6 Å². The van der Waals surface area contributed by atoms with Gasteiger partial charge in [0.25, 0.3) is 0 Å². The molecule has 0 heterocycles. The molecule has 0 aromatic carbocycles. The first-order valence-electron chi connectivity index (χ1n) is 5.37. The van der Waals surface area contributed by atoms with Gasteiger partial charge in [-0.2, -0.15) is 9.78 Å². The second kappa shape index (κ2) is 5.97. The predicted octanol–water partition coefficient (Wildman–Crippen LogP) is 1.92. The molecule has 6 nitrogen and oxygen atoms in total. The quantitative estimate of drug-likeness (QED) is 0.430. The van der Waals surface area contributed by atoms with E-state index < -0.39 is 23.1 Å². The van der Waals surface area contributed by atoms with E-state index in [0.29, 0.717) is 6.42 Å². The Bertz CT molecular complexity index is 276. The zero-order valence-corrected chi connectivity index (χ0v) is 11.2. The Hall–Kier alpha value is -1.14. The minimum absolute atomic E-state index is 0.619. The average molecular weight is 248 g/mol. The number of carbonyl (C=O) groups excluding carboxylic acids is 2. The zero-order chi connectivity index (χ0) is 13.7. The molecule has 6 heteroatoms. The van der Waals surface area contributed by atoms with Crippen LogP contribution in [0.1, 0.15) is 48.0 Å². The molecule has 0 aromatic heterocycles. The minimum atomic E-state index is -1.26.